The molecule has 2 N–H and O–H groups in total. The molecule has 6 heteroatoms. The smallest absolute Gasteiger partial charge is 0.337 e. The van der Waals surface area contributed by atoms with Crippen molar-refractivity contribution in [2.24, 2.45) is 11.8 Å². The van der Waals surface area contributed by atoms with Gasteiger partial charge in [0.1, 0.15) is 0 Å². The van der Waals surface area contributed by atoms with Crippen molar-refractivity contribution in [3.8, 4) is 0 Å². The van der Waals surface area contributed by atoms with Gasteiger partial charge in [-0.2, -0.15) is 0 Å². The molecule has 22 heavy (non-hydrogen) atoms. The fourth-order valence-electron chi connectivity index (χ4n) is 2.56. The van der Waals surface area contributed by atoms with Crippen molar-refractivity contribution in [3.63, 3.8) is 0 Å². The number of hydrogen-bond acceptors (Lipinski definition) is 5. The number of carbonyl (C=O) groups excluding carboxylic acids is 1. The lowest BCUT2D eigenvalue weighted by Crippen LogP contribution is -2.60. The molecule has 0 spiro atoms. The van der Waals surface area contributed by atoms with Gasteiger partial charge >= 0.3 is 5.97 Å². The minimum Gasteiger partial charge on any atom is -0.467 e. The van der Waals surface area contributed by atoms with E-state index in [1.165, 1.54) is 7.11 Å². The first-order chi connectivity index (χ1) is 10.0. The molecule has 0 amide bonds. The summed E-state index contributed by atoms with van der Waals surface area (Å²) in [7, 11) is -0.938. The van der Waals surface area contributed by atoms with Crippen LogP contribution in [0.5, 0.6) is 0 Å². The molecule has 5 nitrogen and oxygen atoms in total. The lowest BCUT2D eigenvalue weighted by Gasteiger charge is -2.48. The first kappa shape index (κ1) is 19.4. The number of methoxy groups -OCH3 is 1. The van der Waals surface area contributed by atoms with Crippen LogP contribution in [0, 0.1) is 11.8 Å². The molecular formula is C16H30O5Si. The van der Waals surface area contributed by atoms with Crippen LogP contribution in [0.15, 0.2) is 12.2 Å². The molecule has 0 radical (unpaired) electrons. The van der Waals surface area contributed by atoms with Crippen LogP contribution in [0.4, 0.5) is 0 Å². The Morgan fingerprint density at radius 1 is 1.27 bits per heavy atom. The van der Waals surface area contributed by atoms with Gasteiger partial charge in [0, 0.05) is 18.4 Å². The van der Waals surface area contributed by atoms with Crippen LogP contribution in [-0.2, 0) is 14.0 Å². The van der Waals surface area contributed by atoms with Crippen LogP contribution >= 0.6 is 0 Å². The second-order valence-corrected chi connectivity index (χ2v) is 12.3. The largest absolute Gasteiger partial charge is 0.467 e. The van der Waals surface area contributed by atoms with Gasteiger partial charge in [-0.25, -0.2) is 4.79 Å². The van der Waals surface area contributed by atoms with Crippen molar-refractivity contribution in [3.05, 3.63) is 12.2 Å². The highest BCUT2D eigenvalue weighted by molar-refractivity contribution is 6.74. The average molecular weight is 330 g/mol. The number of hydrogen-bond donors (Lipinski definition) is 2. The van der Waals surface area contributed by atoms with Crippen LogP contribution in [-0.4, -0.2) is 50.4 Å². The molecule has 128 valence electrons. The van der Waals surface area contributed by atoms with Crippen LogP contribution in [0.25, 0.3) is 0 Å². The molecule has 0 aromatic rings. The van der Waals surface area contributed by atoms with Crippen LogP contribution < -0.4 is 0 Å². The molecule has 1 aliphatic rings. The zero-order valence-corrected chi connectivity index (χ0v) is 15.5. The summed E-state index contributed by atoms with van der Waals surface area (Å²) in [5, 5.41) is 19.1. The number of carbonyl (C=O) groups is 1. The number of ether oxygens (including phenoxy) is 1. The summed E-state index contributed by atoms with van der Waals surface area (Å²) in [4.78, 5) is 12.6. The summed E-state index contributed by atoms with van der Waals surface area (Å²) < 4.78 is 11.5. The number of aliphatic hydroxyl groups excluding tert-OH is 2. The summed E-state index contributed by atoms with van der Waals surface area (Å²) in [5.74, 6) is -1.11. The predicted molar refractivity (Wildman–Crippen MR) is 87.9 cm³/mol. The minimum atomic E-state index is -2.27. The van der Waals surface area contributed by atoms with Gasteiger partial charge in [-0.05, 0) is 24.6 Å². The summed E-state index contributed by atoms with van der Waals surface area (Å²) >= 11 is 0. The lowest BCUT2D eigenvalue weighted by molar-refractivity contribution is -0.169. The molecule has 1 aliphatic carbocycles. The van der Waals surface area contributed by atoms with Crippen LogP contribution in [0.2, 0.25) is 18.1 Å². The second kappa shape index (κ2) is 6.82. The Bertz CT molecular complexity index is 427. The topological polar surface area (TPSA) is 76.0 Å². The normalized spacial score (nSPS) is 29.5. The first-order valence-electron chi connectivity index (χ1n) is 7.72. The van der Waals surface area contributed by atoms with Crippen molar-refractivity contribution in [1.29, 1.82) is 0 Å². The van der Waals surface area contributed by atoms with E-state index in [4.69, 9.17) is 9.16 Å². The molecule has 3 atom stereocenters. The van der Waals surface area contributed by atoms with E-state index in [1.807, 2.05) is 6.08 Å². The third-order valence-electron chi connectivity index (χ3n) is 4.99. The van der Waals surface area contributed by atoms with Crippen molar-refractivity contribution in [1.82, 2.24) is 0 Å². The lowest BCUT2D eigenvalue weighted by atomic mass is 9.75. The molecule has 1 rings (SSSR count). The molecule has 0 aromatic heterocycles. The van der Waals surface area contributed by atoms with Gasteiger partial charge in [-0.15, -0.1) is 0 Å². The summed E-state index contributed by atoms with van der Waals surface area (Å²) in [6.45, 7) is 10.2. The maximum absolute atomic E-state index is 12.6. The van der Waals surface area contributed by atoms with Crippen LogP contribution in [0.1, 0.15) is 27.2 Å². The van der Waals surface area contributed by atoms with Gasteiger partial charge in [-0.3, -0.25) is 0 Å². The van der Waals surface area contributed by atoms with E-state index in [0.717, 1.165) is 0 Å². The third kappa shape index (κ3) is 3.62. The predicted octanol–water partition coefficient (Wildman–Crippen LogP) is 2.10. The Morgan fingerprint density at radius 3 is 2.27 bits per heavy atom. The zero-order valence-electron chi connectivity index (χ0n) is 14.5. The molecule has 0 bridgehead atoms. The van der Waals surface area contributed by atoms with E-state index < -0.39 is 25.8 Å². The van der Waals surface area contributed by atoms with Crippen molar-refractivity contribution in [2.45, 2.75) is 50.9 Å². The maximum Gasteiger partial charge on any atom is 0.337 e. The van der Waals surface area contributed by atoms with E-state index in [2.05, 4.69) is 33.9 Å². The number of aliphatic hydroxyl groups is 2. The molecule has 0 aromatic carbocycles. The van der Waals surface area contributed by atoms with Gasteiger partial charge in [0.25, 0.3) is 0 Å². The van der Waals surface area contributed by atoms with Gasteiger partial charge < -0.3 is 19.4 Å². The van der Waals surface area contributed by atoms with Gasteiger partial charge in [0.05, 0.1) is 13.7 Å². The van der Waals surface area contributed by atoms with Crippen molar-refractivity contribution < 1.29 is 24.2 Å². The molecule has 0 unspecified atom stereocenters. The Morgan fingerprint density at radius 2 is 1.86 bits per heavy atom. The van der Waals surface area contributed by atoms with Crippen molar-refractivity contribution in [2.75, 3.05) is 20.3 Å². The number of rotatable bonds is 5. The number of esters is 1. The highest BCUT2D eigenvalue weighted by Crippen LogP contribution is 2.45. The summed E-state index contributed by atoms with van der Waals surface area (Å²) in [6, 6.07) is 0. The fourth-order valence-corrected chi connectivity index (χ4v) is 4.10. The standard InChI is InChI=1S/C16H30O5Si/c1-15(2,3)22(5,6)21-16(14(19)20-4)9-12(10-17)7-8-13(16)11-18/h7-8,12-13,17-18H,9-11H2,1-6H3/t12-,13-,16-/m0/s1. The Balaban J connectivity index is 3.31. The molecule has 0 saturated heterocycles. The highest BCUT2D eigenvalue weighted by atomic mass is 28.4. The second-order valence-electron chi connectivity index (χ2n) is 7.56. The van der Waals surface area contributed by atoms with E-state index in [9.17, 15) is 15.0 Å². The molecule has 0 heterocycles. The molecule has 0 fully saturated rings. The van der Waals surface area contributed by atoms with E-state index >= 15 is 0 Å². The molecule has 0 saturated carbocycles. The van der Waals surface area contributed by atoms with Gasteiger partial charge in [0.15, 0.2) is 13.9 Å². The Hall–Kier alpha value is -0.693. The van der Waals surface area contributed by atoms with E-state index in [-0.39, 0.29) is 24.2 Å². The minimum absolute atomic E-state index is 0.0613. The summed E-state index contributed by atoms with van der Waals surface area (Å²) in [6.07, 6.45) is 3.94. The third-order valence-corrected chi connectivity index (χ3v) is 9.47. The maximum atomic E-state index is 12.6. The van der Waals surface area contributed by atoms with E-state index in [1.54, 1.807) is 6.08 Å². The summed E-state index contributed by atoms with van der Waals surface area (Å²) in [5.41, 5.74) is -1.23. The Kier molecular flexibility index (Phi) is 6.00. The quantitative estimate of drug-likeness (QED) is 0.459. The van der Waals surface area contributed by atoms with Gasteiger partial charge in [-0.1, -0.05) is 32.9 Å². The average Bonchev–Trinajstić information content (AvgIpc) is 2.44. The zero-order chi connectivity index (χ0) is 17.2. The SMILES string of the molecule is COC(=O)[C@]1(O[Si](C)(C)C(C)(C)C)C[C@@H](CO)C=C[C@H]1CO. The first-order valence-corrected chi connectivity index (χ1v) is 10.6. The monoisotopic (exact) mass is 330 g/mol. The van der Waals surface area contributed by atoms with Crippen molar-refractivity contribution >= 4 is 14.3 Å². The molecular weight excluding hydrogens is 300 g/mol. The van der Waals surface area contributed by atoms with Crippen LogP contribution in [0.3, 0.4) is 0 Å². The fraction of sp³-hybridized carbons (Fsp3) is 0.812. The van der Waals surface area contributed by atoms with E-state index in [0.29, 0.717) is 6.42 Å². The van der Waals surface area contributed by atoms with Gasteiger partial charge in [0.2, 0.25) is 0 Å². The highest BCUT2D eigenvalue weighted by Gasteiger charge is 2.54. The molecule has 0 aliphatic heterocycles. The Labute approximate surface area is 134 Å².